The number of ether oxygens (including phenoxy) is 4. The Balaban J connectivity index is 1.52. The molecule has 1 amide bonds. The molecule has 0 saturated heterocycles. The van der Waals surface area contributed by atoms with Crippen molar-refractivity contribution in [1.82, 2.24) is 0 Å². The molecule has 0 aromatic heterocycles. The molecule has 3 aromatic carbocycles. The van der Waals surface area contributed by atoms with E-state index in [0.29, 0.717) is 76.9 Å². The summed E-state index contributed by atoms with van der Waals surface area (Å²) in [5, 5.41) is 0.930. The zero-order valence-corrected chi connectivity index (χ0v) is 22.1. The standard InChI is InChI=1S/C28H27Cl2NO6/c1-3-35-28(33)22-12-14-36-25-17-26(24(30)16-23(22)25)37-21-10-4-18(5-11-21)27(32)31(13-15-34-2)20-8-6-19(29)7-9-20/h4-11,16-17,22H,3,12-15H2,1-2H3. The number of halogens is 2. The maximum absolute atomic E-state index is 13.3. The average molecular weight is 544 g/mol. The van der Waals surface area contributed by atoms with Crippen LogP contribution in [0.15, 0.2) is 60.7 Å². The molecule has 1 unspecified atom stereocenters. The summed E-state index contributed by atoms with van der Waals surface area (Å²) in [5.41, 5.74) is 1.88. The van der Waals surface area contributed by atoms with Crippen molar-refractivity contribution in [2.45, 2.75) is 19.3 Å². The Bertz CT molecular complexity index is 1250. The number of anilines is 1. The van der Waals surface area contributed by atoms with Crippen LogP contribution in [-0.2, 0) is 14.3 Å². The maximum atomic E-state index is 13.3. The number of rotatable bonds is 9. The van der Waals surface area contributed by atoms with E-state index in [1.165, 1.54) is 0 Å². The zero-order chi connectivity index (χ0) is 26.4. The van der Waals surface area contributed by atoms with Gasteiger partial charge in [0, 0.05) is 41.6 Å². The molecule has 0 aliphatic carbocycles. The topological polar surface area (TPSA) is 74.3 Å². The summed E-state index contributed by atoms with van der Waals surface area (Å²) in [6, 6.07) is 17.2. The fourth-order valence-electron chi connectivity index (χ4n) is 4.06. The number of fused-ring (bicyclic) bond motifs is 1. The van der Waals surface area contributed by atoms with Crippen molar-refractivity contribution < 1.29 is 28.5 Å². The number of nitrogens with zero attached hydrogens (tertiary/aromatic N) is 1. The van der Waals surface area contributed by atoms with Gasteiger partial charge in [-0.15, -0.1) is 0 Å². The summed E-state index contributed by atoms with van der Waals surface area (Å²) in [6.07, 6.45) is 0.523. The SMILES string of the molecule is CCOC(=O)C1CCOc2cc(Oc3ccc(C(=O)N(CCOC)c4ccc(Cl)cc4)cc3)c(Cl)cc21. The zero-order valence-electron chi connectivity index (χ0n) is 20.5. The molecule has 1 atom stereocenters. The highest BCUT2D eigenvalue weighted by Gasteiger charge is 2.30. The van der Waals surface area contributed by atoms with E-state index in [1.807, 2.05) is 0 Å². The van der Waals surface area contributed by atoms with E-state index in [2.05, 4.69) is 0 Å². The first kappa shape index (κ1) is 26.8. The molecule has 37 heavy (non-hydrogen) atoms. The lowest BCUT2D eigenvalue weighted by Gasteiger charge is -2.25. The van der Waals surface area contributed by atoms with Gasteiger partial charge in [0.1, 0.15) is 17.2 Å². The molecule has 1 aliphatic heterocycles. The van der Waals surface area contributed by atoms with Crippen LogP contribution in [0.2, 0.25) is 10.0 Å². The Kier molecular flexibility index (Phi) is 8.92. The van der Waals surface area contributed by atoms with Gasteiger partial charge in [0.05, 0.1) is 30.8 Å². The normalized spacial score (nSPS) is 14.3. The lowest BCUT2D eigenvalue weighted by molar-refractivity contribution is -0.145. The minimum absolute atomic E-state index is 0.184. The third kappa shape index (κ3) is 6.36. The Hall–Kier alpha value is -3.26. The van der Waals surface area contributed by atoms with E-state index < -0.39 is 5.92 Å². The van der Waals surface area contributed by atoms with E-state index >= 15 is 0 Å². The Morgan fingerprint density at radius 2 is 1.78 bits per heavy atom. The summed E-state index contributed by atoms with van der Waals surface area (Å²) in [7, 11) is 1.59. The minimum atomic E-state index is -0.428. The molecular formula is C28H27Cl2NO6. The predicted molar refractivity (Wildman–Crippen MR) is 142 cm³/mol. The van der Waals surface area contributed by atoms with E-state index in [4.69, 9.17) is 42.1 Å². The average Bonchev–Trinajstić information content (AvgIpc) is 2.90. The number of esters is 1. The molecular weight excluding hydrogens is 517 g/mol. The number of carbonyl (C=O) groups excluding carboxylic acids is 2. The highest BCUT2D eigenvalue weighted by Crippen LogP contribution is 2.42. The molecule has 0 saturated carbocycles. The minimum Gasteiger partial charge on any atom is -0.493 e. The van der Waals surface area contributed by atoms with Gasteiger partial charge in [-0.05, 0) is 67.9 Å². The van der Waals surface area contributed by atoms with Crippen LogP contribution in [-0.4, -0.2) is 45.4 Å². The summed E-state index contributed by atoms with van der Waals surface area (Å²) >= 11 is 12.5. The predicted octanol–water partition coefficient (Wildman–Crippen LogP) is 6.51. The first-order valence-electron chi connectivity index (χ1n) is 11.9. The Morgan fingerprint density at radius 1 is 1.05 bits per heavy atom. The van der Waals surface area contributed by atoms with Gasteiger partial charge in [0.25, 0.3) is 5.91 Å². The quantitative estimate of drug-likeness (QED) is 0.286. The number of amides is 1. The monoisotopic (exact) mass is 543 g/mol. The first-order valence-corrected chi connectivity index (χ1v) is 12.6. The molecule has 0 radical (unpaired) electrons. The smallest absolute Gasteiger partial charge is 0.313 e. The van der Waals surface area contributed by atoms with Gasteiger partial charge in [-0.2, -0.15) is 0 Å². The number of carbonyl (C=O) groups is 2. The molecule has 0 fully saturated rings. The van der Waals surface area contributed by atoms with Gasteiger partial charge in [0.15, 0.2) is 0 Å². The van der Waals surface area contributed by atoms with Crippen molar-refractivity contribution in [1.29, 1.82) is 0 Å². The van der Waals surface area contributed by atoms with Crippen molar-refractivity contribution in [3.8, 4) is 17.2 Å². The summed E-state index contributed by atoms with van der Waals surface area (Å²) in [4.78, 5) is 27.3. The molecule has 9 heteroatoms. The Morgan fingerprint density at radius 3 is 2.46 bits per heavy atom. The summed E-state index contributed by atoms with van der Waals surface area (Å²) in [5.74, 6) is 0.499. The summed E-state index contributed by atoms with van der Waals surface area (Å²) < 4.78 is 22.1. The molecule has 3 aromatic rings. The van der Waals surface area contributed by atoms with E-state index in [9.17, 15) is 9.59 Å². The van der Waals surface area contributed by atoms with Crippen molar-refractivity contribution in [2.75, 3.05) is 38.4 Å². The van der Waals surface area contributed by atoms with Crippen LogP contribution in [0.5, 0.6) is 17.2 Å². The van der Waals surface area contributed by atoms with E-state index in [1.54, 1.807) is 79.6 Å². The van der Waals surface area contributed by atoms with E-state index in [0.717, 1.165) is 0 Å². The second kappa shape index (κ2) is 12.3. The molecule has 1 heterocycles. The molecule has 1 aliphatic rings. The molecule has 0 spiro atoms. The second-order valence-corrected chi connectivity index (χ2v) is 9.16. The number of hydrogen-bond donors (Lipinski definition) is 0. The largest absolute Gasteiger partial charge is 0.493 e. The van der Waals surface area contributed by atoms with Crippen molar-refractivity contribution in [2.24, 2.45) is 0 Å². The number of methoxy groups -OCH3 is 1. The van der Waals surface area contributed by atoms with Crippen molar-refractivity contribution in [3.05, 3.63) is 81.8 Å². The highest BCUT2D eigenvalue weighted by atomic mass is 35.5. The van der Waals surface area contributed by atoms with Crippen LogP contribution < -0.4 is 14.4 Å². The fourth-order valence-corrected chi connectivity index (χ4v) is 4.39. The lowest BCUT2D eigenvalue weighted by Crippen LogP contribution is -2.33. The van der Waals surface area contributed by atoms with Gasteiger partial charge in [-0.25, -0.2) is 0 Å². The first-order chi connectivity index (χ1) is 17.9. The lowest BCUT2D eigenvalue weighted by atomic mass is 9.93. The molecule has 0 bridgehead atoms. The van der Waals surface area contributed by atoms with Gasteiger partial charge in [-0.3, -0.25) is 9.59 Å². The van der Waals surface area contributed by atoms with Gasteiger partial charge in [-0.1, -0.05) is 23.2 Å². The van der Waals surface area contributed by atoms with Crippen molar-refractivity contribution >= 4 is 40.8 Å². The van der Waals surface area contributed by atoms with Crippen molar-refractivity contribution in [3.63, 3.8) is 0 Å². The maximum Gasteiger partial charge on any atom is 0.313 e. The second-order valence-electron chi connectivity index (χ2n) is 8.31. The Labute approximate surface area is 225 Å². The number of hydrogen-bond acceptors (Lipinski definition) is 6. The highest BCUT2D eigenvalue weighted by molar-refractivity contribution is 6.32. The molecule has 0 N–H and O–H groups in total. The van der Waals surface area contributed by atoms with Crippen LogP contribution in [0.1, 0.15) is 35.2 Å². The van der Waals surface area contributed by atoms with Gasteiger partial charge in [0.2, 0.25) is 0 Å². The van der Waals surface area contributed by atoms with Gasteiger partial charge >= 0.3 is 5.97 Å². The molecule has 4 rings (SSSR count). The summed E-state index contributed by atoms with van der Waals surface area (Å²) in [6.45, 7) is 3.23. The van der Waals surface area contributed by atoms with Gasteiger partial charge < -0.3 is 23.8 Å². The van der Waals surface area contributed by atoms with Crippen LogP contribution in [0.3, 0.4) is 0 Å². The third-order valence-corrected chi connectivity index (χ3v) is 6.45. The molecule has 194 valence electrons. The van der Waals surface area contributed by atoms with Crippen LogP contribution in [0.25, 0.3) is 0 Å². The van der Waals surface area contributed by atoms with Crippen LogP contribution in [0.4, 0.5) is 5.69 Å². The fraction of sp³-hybridized carbons (Fsp3) is 0.286. The van der Waals surface area contributed by atoms with E-state index in [-0.39, 0.29) is 11.9 Å². The van der Waals surface area contributed by atoms with Crippen LogP contribution >= 0.6 is 23.2 Å². The van der Waals surface area contributed by atoms with Crippen LogP contribution in [0, 0.1) is 0 Å². The third-order valence-electron chi connectivity index (χ3n) is 5.91. The number of benzene rings is 3. The molecule has 7 nitrogen and oxygen atoms in total.